The standard InChI is InChI=1S/C27H26F6N6OS/c28-26(29,30)19-5-1-3-17(11-19)23(18-4-2-6-20(12-18)27(31,32)33)39-9-7-38(8-10-39)13-21(40)14-41-25-22-24(35-15-34-22)36-16-37-25/h1-6,11-12,15-16,21,23,40H,7-10,13-14H2,(H,34,35,36,37). The molecule has 2 aromatic heterocycles. The number of halogens is 6. The number of nitrogens with one attached hydrogen (secondary N) is 1. The summed E-state index contributed by atoms with van der Waals surface area (Å²) < 4.78 is 81.0. The van der Waals surface area contributed by atoms with Crippen molar-refractivity contribution in [1.29, 1.82) is 0 Å². The van der Waals surface area contributed by atoms with E-state index in [1.54, 1.807) is 0 Å². The minimum Gasteiger partial charge on any atom is -0.391 e. The molecule has 1 aliphatic heterocycles. The Bertz CT molecular complexity index is 1410. The Balaban J connectivity index is 1.28. The molecule has 218 valence electrons. The van der Waals surface area contributed by atoms with Crippen LogP contribution in [-0.2, 0) is 12.4 Å². The second-order valence-electron chi connectivity index (χ2n) is 9.73. The Kier molecular flexibility index (Phi) is 8.55. The molecule has 2 aromatic carbocycles. The largest absolute Gasteiger partial charge is 0.416 e. The van der Waals surface area contributed by atoms with Crippen molar-refractivity contribution in [2.24, 2.45) is 0 Å². The van der Waals surface area contributed by atoms with Gasteiger partial charge in [0.2, 0.25) is 0 Å². The number of imidazole rings is 1. The number of nitrogens with zero attached hydrogens (tertiary/aromatic N) is 5. The summed E-state index contributed by atoms with van der Waals surface area (Å²) >= 11 is 1.36. The molecule has 0 radical (unpaired) electrons. The van der Waals surface area contributed by atoms with Gasteiger partial charge in [-0.3, -0.25) is 9.80 Å². The van der Waals surface area contributed by atoms with E-state index < -0.39 is 35.6 Å². The molecule has 0 amide bonds. The van der Waals surface area contributed by atoms with Crippen molar-refractivity contribution in [3.63, 3.8) is 0 Å². The van der Waals surface area contributed by atoms with Gasteiger partial charge in [-0.25, -0.2) is 15.0 Å². The lowest BCUT2D eigenvalue weighted by atomic mass is 9.93. The molecule has 0 saturated carbocycles. The molecule has 41 heavy (non-hydrogen) atoms. The number of aliphatic hydroxyl groups is 1. The number of aliphatic hydroxyl groups excluding tert-OH is 1. The van der Waals surface area contributed by atoms with Gasteiger partial charge in [0.05, 0.1) is 29.6 Å². The maximum atomic E-state index is 13.5. The highest BCUT2D eigenvalue weighted by Crippen LogP contribution is 2.37. The van der Waals surface area contributed by atoms with Crippen molar-refractivity contribution >= 4 is 22.9 Å². The van der Waals surface area contributed by atoms with E-state index in [4.69, 9.17) is 0 Å². The molecular formula is C27H26F6N6OS. The van der Waals surface area contributed by atoms with Crippen LogP contribution < -0.4 is 0 Å². The van der Waals surface area contributed by atoms with Crippen LogP contribution in [0.1, 0.15) is 28.3 Å². The molecular weight excluding hydrogens is 570 g/mol. The molecule has 0 spiro atoms. The third kappa shape index (κ3) is 7.00. The number of thioether (sulfide) groups is 1. The average molecular weight is 597 g/mol. The molecule has 1 saturated heterocycles. The fourth-order valence-corrected chi connectivity index (χ4v) is 5.84. The predicted molar refractivity (Wildman–Crippen MR) is 141 cm³/mol. The second-order valence-corrected chi connectivity index (χ2v) is 10.7. The number of hydrogen-bond donors (Lipinski definition) is 2. The van der Waals surface area contributed by atoms with Gasteiger partial charge in [-0.1, -0.05) is 24.3 Å². The number of H-pyrrole nitrogens is 1. The quantitative estimate of drug-likeness (QED) is 0.163. The van der Waals surface area contributed by atoms with Gasteiger partial charge in [0.25, 0.3) is 0 Å². The topological polar surface area (TPSA) is 81.2 Å². The van der Waals surface area contributed by atoms with Gasteiger partial charge >= 0.3 is 12.4 Å². The van der Waals surface area contributed by atoms with Crippen LogP contribution in [0.5, 0.6) is 0 Å². The highest BCUT2D eigenvalue weighted by Gasteiger charge is 2.35. The summed E-state index contributed by atoms with van der Waals surface area (Å²) in [7, 11) is 0. The molecule has 1 aliphatic rings. The van der Waals surface area contributed by atoms with E-state index in [0.29, 0.717) is 54.7 Å². The van der Waals surface area contributed by atoms with E-state index in [2.05, 4.69) is 19.9 Å². The fourth-order valence-electron chi connectivity index (χ4n) is 4.97. The first kappa shape index (κ1) is 29.3. The van der Waals surface area contributed by atoms with Crippen molar-refractivity contribution in [3.05, 3.63) is 83.4 Å². The molecule has 0 aliphatic carbocycles. The normalized spacial score (nSPS) is 16.5. The first-order chi connectivity index (χ1) is 19.5. The van der Waals surface area contributed by atoms with Gasteiger partial charge < -0.3 is 10.1 Å². The van der Waals surface area contributed by atoms with Crippen molar-refractivity contribution in [2.75, 3.05) is 38.5 Å². The average Bonchev–Trinajstić information content (AvgIpc) is 3.42. The summed E-state index contributed by atoms with van der Waals surface area (Å²) in [6.07, 6.45) is -6.94. The Morgan fingerprint density at radius 2 is 1.46 bits per heavy atom. The van der Waals surface area contributed by atoms with Crippen molar-refractivity contribution in [2.45, 2.75) is 29.5 Å². The SMILES string of the molecule is OC(CSc1ncnc2nc[nH]c12)CN1CCN(C(c2cccc(C(F)(F)F)c2)c2cccc(C(F)(F)F)c2)CC1. The molecule has 5 rings (SSSR count). The van der Waals surface area contributed by atoms with Crippen LogP contribution in [0.3, 0.4) is 0 Å². The van der Waals surface area contributed by atoms with Crippen LogP contribution in [-0.4, -0.2) is 79.4 Å². The summed E-state index contributed by atoms with van der Waals surface area (Å²) in [4.78, 5) is 19.3. The van der Waals surface area contributed by atoms with Gasteiger partial charge in [-0.2, -0.15) is 26.3 Å². The summed E-state index contributed by atoms with van der Waals surface area (Å²) in [6.45, 7) is 2.09. The lowest BCUT2D eigenvalue weighted by molar-refractivity contribution is -0.138. The van der Waals surface area contributed by atoms with Gasteiger partial charge in [0.15, 0.2) is 5.65 Å². The molecule has 2 N–H and O–H groups in total. The van der Waals surface area contributed by atoms with Crippen LogP contribution in [0.4, 0.5) is 26.3 Å². The lowest BCUT2D eigenvalue weighted by Gasteiger charge is -2.40. The first-order valence-corrected chi connectivity index (χ1v) is 13.7. The summed E-state index contributed by atoms with van der Waals surface area (Å²) in [5, 5.41) is 11.3. The van der Waals surface area contributed by atoms with E-state index in [-0.39, 0.29) is 11.1 Å². The Hall–Kier alpha value is -3.20. The molecule has 14 heteroatoms. The molecule has 0 bridgehead atoms. The molecule has 1 atom stereocenters. The van der Waals surface area contributed by atoms with E-state index >= 15 is 0 Å². The Morgan fingerprint density at radius 1 is 0.854 bits per heavy atom. The molecule has 3 heterocycles. The predicted octanol–water partition coefficient (Wildman–Crippen LogP) is 5.25. The number of hydrogen-bond acceptors (Lipinski definition) is 7. The smallest absolute Gasteiger partial charge is 0.391 e. The highest BCUT2D eigenvalue weighted by molar-refractivity contribution is 7.99. The molecule has 4 aromatic rings. The van der Waals surface area contributed by atoms with Crippen molar-refractivity contribution in [3.8, 4) is 0 Å². The van der Waals surface area contributed by atoms with Crippen molar-refractivity contribution in [1.82, 2.24) is 29.7 Å². The fraction of sp³-hybridized carbons (Fsp3) is 0.370. The highest BCUT2D eigenvalue weighted by atomic mass is 32.2. The van der Waals surface area contributed by atoms with Gasteiger partial charge in [0.1, 0.15) is 16.9 Å². The Labute approximate surface area is 235 Å². The van der Waals surface area contributed by atoms with E-state index in [1.807, 2.05) is 9.80 Å². The second kappa shape index (κ2) is 12.0. The number of aromatic nitrogens is 4. The van der Waals surface area contributed by atoms with Crippen LogP contribution >= 0.6 is 11.8 Å². The van der Waals surface area contributed by atoms with Gasteiger partial charge in [0, 0.05) is 38.5 Å². The number of fused-ring (bicyclic) bond motifs is 1. The number of rotatable bonds is 8. The van der Waals surface area contributed by atoms with Crippen LogP contribution in [0.25, 0.3) is 11.2 Å². The van der Waals surface area contributed by atoms with Crippen LogP contribution in [0.15, 0.2) is 66.2 Å². The zero-order valence-electron chi connectivity index (χ0n) is 21.5. The maximum Gasteiger partial charge on any atom is 0.416 e. The summed E-state index contributed by atoms with van der Waals surface area (Å²) in [5.74, 6) is 0.364. The minimum absolute atomic E-state index is 0.263. The third-order valence-corrected chi connectivity index (χ3v) is 8.04. The van der Waals surface area contributed by atoms with Crippen molar-refractivity contribution < 1.29 is 31.4 Å². The first-order valence-electron chi connectivity index (χ1n) is 12.7. The monoisotopic (exact) mass is 596 g/mol. The molecule has 7 nitrogen and oxygen atoms in total. The van der Waals surface area contributed by atoms with Gasteiger partial charge in [-0.15, -0.1) is 11.8 Å². The van der Waals surface area contributed by atoms with E-state index in [0.717, 1.165) is 24.3 Å². The number of β-amino-alcohol motifs (C(OH)–C–C–N with tert-alkyl or cyclic N) is 1. The lowest BCUT2D eigenvalue weighted by Crippen LogP contribution is -2.50. The molecule has 1 fully saturated rings. The number of alkyl halides is 6. The number of benzene rings is 2. The number of aromatic amines is 1. The minimum atomic E-state index is -4.59. The summed E-state index contributed by atoms with van der Waals surface area (Å²) in [6, 6.07) is 8.66. The van der Waals surface area contributed by atoms with Gasteiger partial charge in [-0.05, 0) is 35.4 Å². The zero-order chi connectivity index (χ0) is 29.2. The summed E-state index contributed by atoms with van der Waals surface area (Å²) in [5.41, 5.74) is 0.0282. The zero-order valence-corrected chi connectivity index (χ0v) is 22.3. The molecule has 1 unspecified atom stereocenters. The maximum absolute atomic E-state index is 13.5. The van der Waals surface area contributed by atoms with E-state index in [1.165, 1.54) is 48.7 Å². The third-order valence-electron chi connectivity index (χ3n) is 6.90. The van der Waals surface area contributed by atoms with E-state index in [9.17, 15) is 31.4 Å². The number of piperazine rings is 1. The van der Waals surface area contributed by atoms with Crippen LogP contribution in [0.2, 0.25) is 0 Å². The van der Waals surface area contributed by atoms with Crippen LogP contribution in [0, 0.1) is 0 Å². The Morgan fingerprint density at radius 3 is 2.05 bits per heavy atom.